The Morgan fingerprint density at radius 3 is 1.67 bits per heavy atom. The van der Waals surface area contributed by atoms with Gasteiger partial charge in [-0.1, -0.05) is 17.3 Å². The van der Waals surface area contributed by atoms with Crippen LogP contribution in [0.15, 0.2) is 24.3 Å². The molecule has 0 aliphatic rings. The maximum Gasteiger partial charge on any atom is 0.112 e. The summed E-state index contributed by atoms with van der Waals surface area (Å²) in [4.78, 5) is 0. The smallest absolute Gasteiger partial charge is 0.112 e. The Labute approximate surface area is 123 Å². The number of fused-ring (bicyclic) bond motifs is 1. The topological polar surface area (TPSA) is 41.6 Å². The molecule has 0 aliphatic carbocycles. The third-order valence-corrected chi connectivity index (χ3v) is 1.23. The monoisotopic (exact) mass is 562 g/mol. The van der Waals surface area contributed by atoms with Crippen molar-refractivity contribution in [3.63, 3.8) is 0 Å². The van der Waals surface area contributed by atoms with Crippen LogP contribution in [0, 0.1) is 24.4 Å². The van der Waals surface area contributed by atoms with Crippen LogP contribution < -0.4 is 0 Å². The van der Waals surface area contributed by atoms with E-state index in [-0.39, 0.29) is 0 Å². The molecule has 3 nitrogen and oxygen atoms in total. The standard InChI is InChI=1S/C6H5N3.4CH3.F6P.U/c1-2-4-6-5(3-1)7-9-8-6;;;;;1-7(2,3,4,5)6;/h1-4H,(H,7,8,9);4*1H3;;/q;;;;;-1;. The average Bonchev–Trinajstić information content (AvgIpc) is 2.56. The summed E-state index contributed by atoms with van der Waals surface area (Å²) in [5.41, 5.74) is 1.90. The van der Waals surface area contributed by atoms with Gasteiger partial charge in [0.05, 0.1) is 5.52 Å². The number of nitrogens with one attached hydrogen (secondary N) is 1. The molecular formula is C10H17F6N3PU-. The van der Waals surface area contributed by atoms with E-state index in [2.05, 4.69) is 31.2 Å². The summed E-state index contributed by atoms with van der Waals surface area (Å²) in [6, 6.07) is 7.74. The quantitative estimate of drug-likeness (QED) is 0.288. The van der Waals surface area contributed by atoms with Crippen molar-refractivity contribution >= 4 is 18.8 Å². The second-order valence-electron chi connectivity index (χ2n) is 5.79. The first-order valence-corrected chi connectivity index (χ1v) is 24.4. The van der Waals surface area contributed by atoms with Crippen LogP contribution >= 0.6 is 7.81 Å². The summed E-state index contributed by atoms with van der Waals surface area (Å²) in [5.74, 6) is 0. The van der Waals surface area contributed by atoms with E-state index >= 15 is 0 Å². The van der Waals surface area contributed by atoms with Gasteiger partial charge in [0, 0.05) is 0 Å². The molecule has 2 aromatic rings. The van der Waals surface area contributed by atoms with E-state index in [0.29, 0.717) is 0 Å². The van der Waals surface area contributed by atoms with Crippen LogP contribution in [0.25, 0.3) is 11.0 Å². The molecule has 0 aliphatic heterocycles. The third kappa shape index (κ3) is 22.1. The Bertz CT molecular complexity index is 527. The second-order valence-corrected chi connectivity index (χ2v) is 32.7. The molecule has 1 aromatic heterocycles. The zero-order valence-corrected chi connectivity index (χ0v) is 17.0. The van der Waals surface area contributed by atoms with Crippen LogP contribution in [0.4, 0.5) is 25.2 Å². The SMILES string of the molecule is F[P-](F)(F)(F)(F)F.[CH3][U]([CH3])([CH3])[CH3].c1ccc2[nH]nnc2c1. The van der Waals surface area contributed by atoms with E-state index in [1.807, 2.05) is 24.3 Å². The van der Waals surface area contributed by atoms with Crippen molar-refractivity contribution in [2.45, 2.75) is 15.8 Å². The van der Waals surface area contributed by atoms with E-state index in [0.717, 1.165) is 11.0 Å². The van der Waals surface area contributed by atoms with E-state index in [1.54, 1.807) is 0 Å². The van der Waals surface area contributed by atoms with Crippen molar-refractivity contribution in [2.75, 3.05) is 0 Å². The number of aromatic amines is 1. The number of hydrogen-bond acceptors (Lipinski definition) is 2. The molecule has 0 bridgehead atoms. The van der Waals surface area contributed by atoms with E-state index < -0.39 is 32.2 Å². The van der Waals surface area contributed by atoms with Crippen LogP contribution in [0.5, 0.6) is 0 Å². The van der Waals surface area contributed by atoms with Gasteiger partial charge in [-0.2, -0.15) is 0 Å². The molecule has 0 amide bonds. The molecule has 11 heteroatoms. The number of hydrogen-bond donors (Lipinski definition) is 1. The van der Waals surface area contributed by atoms with E-state index in [9.17, 15) is 25.2 Å². The minimum absolute atomic E-state index is 0.914. The van der Waals surface area contributed by atoms with Crippen molar-refractivity contribution in [1.29, 1.82) is 0 Å². The van der Waals surface area contributed by atoms with Gasteiger partial charge >= 0.3 is 73.2 Å². The number of H-pyrrole nitrogens is 1. The molecule has 0 unspecified atom stereocenters. The summed E-state index contributed by atoms with van der Waals surface area (Å²) in [6.45, 7) is 0. The first-order chi connectivity index (χ1) is 8.92. The fraction of sp³-hybridized carbons (Fsp3) is 0.400. The minimum atomic E-state index is -10.7. The average molecular weight is 562 g/mol. The third-order valence-electron chi connectivity index (χ3n) is 1.23. The fourth-order valence-corrected chi connectivity index (χ4v) is 0.788. The van der Waals surface area contributed by atoms with Gasteiger partial charge in [0.25, 0.3) is 0 Å². The summed E-state index contributed by atoms with van der Waals surface area (Å²) < 4.78 is 68.9. The van der Waals surface area contributed by atoms with Crippen LogP contribution in [-0.2, 0) is 0 Å². The molecule has 0 atom stereocenters. The molecule has 124 valence electrons. The Morgan fingerprint density at radius 2 is 1.29 bits per heavy atom. The molecular weight excluding hydrogens is 545 g/mol. The maximum atomic E-state index is 9.87. The number of rotatable bonds is 0. The number of halogens is 6. The number of benzene rings is 1. The molecule has 21 heavy (non-hydrogen) atoms. The van der Waals surface area contributed by atoms with Gasteiger partial charge in [0.2, 0.25) is 0 Å². The van der Waals surface area contributed by atoms with Gasteiger partial charge in [-0.15, -0.1) is 5.10 Å². The summed E-state index contributed by atoms with van der Waals surface area (Å²) in [7, 11) is -10.7. The molecule has 0 fully saturated rings. The summed E-state index contributed by atoms with van der Waals surface area (Å²) in [6.07, 6.45) is 0. The van der Waals surface area contributed by atoms with Crippen molar-refractivity contribution < 1.29 is 49.5 Å². The number of aromatic nitrogens is 3. The molecule has 1 N–H and O–H groups in total. The molecule has 0 radical (unpaired) electrons. The number of nitrogens with zero attached hydrogens (tertiary/aromatic N) is 2. The van der Waals surface area contributed by atoms with Crippen LogP contribution in [0.1, 0.15) is 0 Å². The summed E-state index contributed by atoms with van der Waals surface area (Å²) >= 11 is -1.34. The van der Waals surface area contributed by atoms with Gasteiger partial charge in [-0.25, -0.2) is 0 Å². The van der Waals surface area contributed by atoms with Crippen molar-refractivity contribution in [1.82, 2.24) is 15.4 Å². The normalized spacial score (nSPS) is 15.0. The zero-order valence-electron chi connectivity index (χ0n) is 11.9. The predicted molar refractivity (Wildman–Crippen MR) is 70.9 cm³/mol. The molecule has 0 spiro atoms. The molecule has 1 heterocycles. The van der Waals surface area contributed by atoms with Crippen molar-refractivity contribution in [3.05, 3.63) is 24.3 Å². The molecule has 1 aromatic carbocycles. The van der Waals surface area contributed by atoms with Gasteiger partial charge in [-0.05, 0) is 12.1 Å². The van der Waals surface area contributed by atoms with Crippen molar-refractivity contribution in [3.8, 4) is 0 Å². The van der Waals surface area contributed by atoms with Gasteiger partial charge in [0.15, 0.2) is 0 Å². The first-order valence-electron chi connectivity index (χ1n) is 5.74. The first kappa shape index (κ1) is 20.7. The second kappa shape index (κ2) is 6.06. The van der Waals surface area contributed by atoms with Crippen LogP contribution in [0.2, 0.25) is 15.8 Å². The van der Waals surface area contributed by atoms with Crippen LogP contribution in [-0.4, -0.2) is 15.4 Å². The van der Waals surface area contributed by atoms with Gasteiger partial charge in [-0.3, -0.25) is 5.10 Å². The molecule has 0 saturated heterocycles. The van der Waals surface area contributed by atoms with E-state index in [1.165, 1.54) is 0 Å². The molecule has 2 rings (SSSR count). The minimum Gasteiger partial charge on any atom is -0.258 e. The van der Waals surface area contributed by atoms with Gasteiger partial charge in [0.1, 0.15) is 5.52 Å². The Morgan fingerprint density at radius 1 is 0.905 bits per heavy atom. The van der Waals surface area contributed by atoms with Crippen LogP contribution in [0.3, 0.4) is 0 Å². The van der Waals surface area contributed by atoms with E-state index in [4.69, 9.17) is 0 Å². The fourth-order valence-electron chi connectivity index (χ4n) is 0.788. The molecule has 0 saturated carbocycles. The van der Waals surface area contributed by atoms with Crippen molar-refractivity contribution in [2.24, 2.45) is 0 Å². The largest absolute Gasteiger partial charge is 0.258 e. The number of para-hydroxylation sites is 1. The summed E-state index contributed by atoms with van der Waals surface area (Å²) in [5, 5.41) is 10.2. The zero-order chi connectivity index (χ0) is 17.0. The maximum absolute atomic E-state index is 10.7. The Balaban J connectivity index is 0.000000302. The Kier molecular flexibility index (Phi) is 5.96. The van der Waals surface area contributed by atoms with Gasteiger partial charge < -0.3 is 0 Å². The predicted octanol–water partition coefficient (Wildman–Crippen LogP) is 6.68. The Hall–Kier alpha value is -0.318.